The number of hydrogen-bond donors (Lipinski definition) is 0. The molecule has 1 aromatic heterocycles. The van der Waals surface area contributed by atoms with Crippen molar-refractivity contribution in [2.24, 2.45) is 0 Å². The number of aryl methyl sites for hydroxylation is 1. The van der Waals surface area contributed by atoms with Crippen LogP contribution in [0.2, 0.25) is 5.02 Å². The fourth-order valence-corrected chi connectivity index (χ4v) is 3.81. The molecule has 1 unspecified atom stereocenters. The number of benzene rings is 1. The molecule has 2 heterocycles. The van der Waals surface area contributed by atoms with Crippen LogP contribution in [0.15, 0.2) is 35.7 Å². The van der Waals surface area contributed by atoms with E-state index in [0.717, 1.165) is 19.4 Å². The van der Waals surface area contributed by atoms with Crippen LogP contribution in [0.5, 0.6) is 0 Å². The van der Waals surface area contributed by atoms with Gasteiger partial charge in [-0.1, -0.05) is 11.6 Å². The average molecular weight is 350 g/mol. The van der Waals surface area contributed by atoms with Gasteiger partial charge in [0.2, 0.25) is 0 Å². The van der Waals surface area contributed by atoms with Crippen LogP contribution in [0.25, 0.3) is 0 Å². The van der Waals surface area contributed by atoms with E-state index in [4.69, 9.17) is 16.3 Å². The molecule has 0 radical (unpaired) electrons. The molecule has 1 fully saturated rings. The lowest BCUT2D eigenvalue weighted by atomic mass is 10.1. The van der Waals surface area contributed by atoms with Crippen molar-refractivity contribution < 1.29 is 9.53 Å². The second kappa shape index (κ2) is 7.47. The number of ether oxygens (including phenoxy) is 1. The maximum atomic E-state index is 12.9. The molecule has 0 N–H and O–H groups in total. The SMILES string of the molecule is Cc1ccsc1CN(CC1CCCO1)C(=O)c1ccc(Cl)cc1. The van der Waals surface area contributed by atoms with Crippen LogP contribution in [0, 0.1) is 6.92 Å². The van der Waals surface area contributed by atoms with Gasteiger partial charge in [0.25, 0.3) is 5.91 Å². The summed E-state index contributed by atoms with van der Waals surface area (Å²) in [6.07, 6.45) is 2.24. The Morgan fingerprint density at radius 1 is 1.35 bits per heavy atom. The fourth-order valence-electron chi connectivity index (χ4n) is 2.77. The van der Waals surface area contributed by atoms with Crippen LogP contribution < -0.4 is 0 Å². The molecule has 5 heteroatoms. The van der Waals surface area contributed by atoms with Gasteiger partial charge in [0.15, 0.2) is 0 Å². The standard InChI is InChI=1S/C18H20ClNO2S/c1-13-8-10-23-17(13)12-20(11-16-3-2-9-22-16)18(21)14-4-6-15(19)7-5-14/h4-8,10,16H,2-3,9,11-12H2,1H3. The van der Waals surface area contributed by atoms with Gasteiger partial charge < -0.3 is 9.64 Å². The van der Waals surface area contributed by atoms with Crippen molar-refractivity contribution >= 4 is 28.8 Å². The Hall–Kier alpha value is -1.36. The first-order valence-corrected chi connectivity index (χ1v) is 9.08. The van der Waals surface area contributed by atoms with E-state index in [0.29, 0.717) is 23.7 Å². The van der Waals surface area contributed by atoms with Crippen molar-refractivity contribution in [1.29, 1.82) is 0 Å². The molecule has 3 nitrogen and oxygen atoms in total. The normalized spacial score (nSPS) is 17.4. The number of carbonyl (C=O) groups excluding carboxylic acids is 1. The summed E-state index contributed by atoms with van der Waals surface area (Å²) in [6, 6.07) is 9.19. The van der Waals surface area contributed by atoms with Crippen molar-refractivity contribution in [3.8, 4) is 0 Å². The maximum Gasteiger partial charge on any atom is 0.254 e. The lowest BCUT2D eigenvalue weighted by Crippen LogP contribution is -2.36. The van der Waals surface area contributed by atoms with Crippen LogP contribution in [0.3, 0.4) is 0 Å². The first kappa shape index (κ1) is 16.5. The van der Waals surface area contributed by atoms with Gasteiger partial charge in [0.05, 0.1) is 12.6 Å². The Balaban J connectivity index is 1.79. The van der Waals surface area contributed by atoms with E-state index in [1.807, 2.05) is 4.90 Å². The number of nitrogens with zero attached hydrogens (tertiary/aromatic N) is 1. The monoisotopic (exact) mass is 349 g/mol. The zero-order valence-electron chi connectivity index (χ0n) is 13.1. The highest BCUT2D eigenvalue weighted by Crippen LogP contribution is 2.22. The molecule has 0 bridgehead atoms. The number of amides is 1. The summed E-state index contributed by atoms with van der Waals surface area (Å²) < 4.78 is 5.73. The molecule has 2 aromatic rings. The molecular weight excluding hydrogens is 330 g/mol. The molecule has 122 valence electrons. The van der Waals surface area contributed by atoms with E-state index in [1.54, 1.807) is 35.6 Å². The lowest BCUT2D eigenvalue weighted by Gasteiger charge is -2.25. The van der Waals surface area contributed by atoms with E-state index in [9.17, 15) is 4.79 Å². The van der Waals surface area contributed by atoms with Crippen LogP contribution in [0.4, 0.5) is 0 Å². The molecule has 3 rings (SSSR count). The van der Waals surface area contributed by atoms with Crippen molar-refractivity contribution in [2.75, 3.05) is 13.2 Å². The van der Waals surface area contributed by atoms with Crippen molar-refractivity contribution in [3.05, 3.63) is 56.7 Å². The largest absolute Gasteiger partial charge is 0.376 e. The minimum Gasteiger partial charge on any atom is -0.376 e. The highest BCUT2D eigenvalue weighted by molar-refractivity contribution is 7.10. The molecule has 1 aliphatic rings. The third-order valence-corrected chi connectivity index (χ3v) is 5.39. The number of carbonyl (C=O) groups is 1. The summed E-state index contributed by atoms with van der Waals surface area (Å²) in [4.78, 5) is 16.0. The van der Waals surface area contributed by atoms with Gasteiger partial charge in [0.1, 0.15) is 0 Å². The van der Waals surface area contributed by atoms with E-state index >= 15 is 0 Å². The first-order valence-electron chi connectivity index (χ1n) is 7.83. The predicted molar refractivity (Wildman–Crippen MR) is 94.2 cm³/mol. The molecule has 0 aliphatic carbocycles. The Morgan fingerprint density at radius 3 is 2.74 bits per heavy atom. The highest BCUT2D eigenvalue weighted by Gasteiger charge is 2.24. The summed E-state index contributed by atoms with van der Waals surface area (Å²) >= 11 is 7.62. The van der Waals surface area contributed by atoms with E-state index < -0.39 is 0 Å². The van der Waals surface area contributed by atoms with Crippen molar-refractivity contribution in [2.45, 2.75) is 32.4 Å². The summed E-state index contributed by atoms with van der Waals surface area (Å²) in [5.74, 6) is 0.0324. The van der Waals surface area contributed by atoms with Crippen molar-refractivity contribution in [1.82, 2.24) is 4.90 Å². The van der Waals surface area contributed by atoms with Crippen LogP contribution in [-0.4, -0.2) is 30.1 Å². The van der Waals surface area contributed by atoms with Gasteiger partial charge in [-0.25, -0.2) is 0 Å². The number of rotatable bonds is 5. The smallest absolute Gasteiger partial charge is 0.254 e. The third-order valence-electron chi connectivity index (χ3n) is 4.13. The molecule has 1 atom stereocenters. The van der Waals surface area contributed by atoms with Gasteiger partial charge in [-0.05, 0) is 61.0 Å². The molecule has 1 saturated heterocycles. The van der Waals surface area contributed by atoms with E-state index in [-0.39, 0.29) is 12.0 Å². The predicted octanol–water partition coefficient (Wildman–Crippen LogP) is 4.53. The minimum atomic E-state index is 0.0324. The van der Waals surface area contributed by atoms with E-state index in [2.05, 4.69) is 18.4 Å². The van der Waals surface area contributed by atoms with Gasteiger partial charge in [-0.2, -0.15) is 0 Å². The Kier molecular flexibility index (Phi) is 5.36. The lowest BCUT2D eigenvalue weighted by molar-refractivity contribution is 0.0509. The topological polar surface area (TPSA) is 29.5 Å². The highest BCUT2D eigenvalue weighted by atomic mass is 35.5. The Labute approximate surface area is 145 Å². The van der Waals surface area contributed by atoms with Gasteiger partial charge in [-0.3, -0.25) is 4.79 Å². The quantitative estimate of drug-likeness (QED) is 0.793. The molecular formula is C18H20ClNO2S. The molecule has 23 heavy (non-hydrogen) atoms. The third kappa shape index (κ3) is 4.14. The number of halogens is 1. The van der Waals surface area contributed by atoms with Gasteiger partial charge in [0, 0.05) is 28.6 Å². The average Bonchev–Trinajstić information content (AvgIpc) is 3.19. The second-order valence-corrected chi connectivity index (χ2v) is 7.29. The van der Waals surface area contributed by atoms with Gasteiger partial charge in [-0.15, -0.1) is 11.3 Å². The molecule has 1 aromatic carbocycles. The summed E-state index contributed by atoms with van der Waals surface area (Å²) in [7, 11) is 0. The summed E-state index contributed by atoms with van der Waals surface area (Å²) in [6.45, 7) is 4.15. The minimum absolute atomic E-state index is 0.0324. The molecule has 1 aliphatic heterocycles. The zero-order chi connectivity index (χ0) is 16.2. The summed E-state index contributed by atoms with van der Waals surface area (Å²) in [5.41, 5.74) is 1.90. The Morgan fingerprint density at radius 2 is 2.13 bits per heavy atom. The van der Waals surface area contributed by atoms with Crippen LogP contribution >= 0.6 is 22.9 Å². The zero-order valence-corrected chi connectivity index (χ0v) is 14.7. The van der Waals surface area contributed by atoms with Crippen molar-refractivity contribution in [3.63, 3.8) is 0 Å². The van der Waals surface area contributed by atoms with Gasteiger partial charge >= 0.3 is 0 Å². The fraction of sp³-hybridized carbons (Fsp3) is 0.389. The first-order chi connectivity index (χ1) is 11.1. The Bertz CT molecular complexity index is 662. The van der Waals surface area contributed by atoms with Crippen LogP contribution in [-0.2, 0) is 11.3 Å². The maximum absolute atomic E-state index is 12.9. The number of thiophene rings is 1. The second-order valence-electron chi connectivity index (χ2n) is 5.85. The van der Waals surface area contributed by atoms with E-state index in [1.165, 1.54) is 10.4 Å². The molecule has 1 amide bonds. The molecule has 0 saturated carbocycles. The van der Waals surface area contributed by atoms with Crippen LogP contribution in [0.1, 0.15) is 33.6 Å². The number of hydrogen-bond acceptors (Lipinski definition) is 3. The molecule has 0 spiro atoms. The summed E-state index contributed by atoms with van der Waals surface area (Å²) in [5, 5.41) is 2.71.